The molecule has 6 nitrogen and oxygen atoms in total. The number of fused-ring (bicyclic) bond motifs is 7. The van der Waals surface area contributed by atoms with Crippen molar-refractivity contribution in [1.82, 2.24) is 0 Å². The molecule has 0 amide bonds. The fourth-order valence-corrected chi connectivity index (χ4v) is 3.51. The van der Waals surface area contributed by atoms with Crippen LogP contribution in [0, 0.1) is 0 Å². The molecule has 6 heteroatoms. The van der Waals surface area contributed by atoms with E-state index >= 15 is 0 Å². The van der Waals surface area contributed by atoms with E-state index in [-0.39, 0.29) is 19.0 Å². The highest BCUT2D eigenvalue weighted by Gasteiger charge is 2.23. The summed E-state index contributed by atoms with van der Waals surface area (Å²) in [5, 5.41) is 2.53. The predicted molar refractivity (Wildman–Crippen MR) is 89.7 cm³/mol. The SMILES string of the molecule is O=c1c2c3c(ccc2oc2ccc4cc5c(cc4c12)OCO5)OCO3. The van der Waals surface area contributed by atoms with Crippen LogP contribution in [0.3, 0.4) is 0 Å². The molecule has 0 fully saturated rings. The molecule has 0 aliphatic carbocycles. The molecule has 0 atom stereocenters. The lowest BCUT2D eigenvalue weighted by molar-refractivity contribution is 0.174. The highest BCUT2D eigenvalue weighted by atomic mass is 16.7. The van der Waals surface area contributed by atoms with Gasteiger partial charge < -0.3 is 23.4 Å². The van der Waals surface area contributed by atoms with Gasteiger partial charge in [0.2, 0.25) is 19.0 Å². The third kappa shape index (κ3) is 1.60. The van der Waals surface area contributed by atoms with E-state index in [1.54, 1.807) is 18.2 Å². The van der Waals surface area contributed by atoms with E-state index in [0.717, 1.165) is 10.8 Å². The van der Waals surface area contributed by atoms with Crippen molar-refractivity contribution in [2.24, 2.45) is 0 Å². The van der Waals surface area contributed by atoms with Crippen molar-refractivity contribution in [2.45, 2.75) is 0 Å². The highest BCUT2D eigenvalue weighted by Crippen LogP contribution is 2.41. The topological polar surface area (TPSA) is 67.1 Å². The molecule has 6 rings (SSSR count). The summed E-state index contributed by atoms with van der Waals surface area (Å²) in [7, 11) is 0. The first-order valence-electron chi connectivity index (χ1n) is 7.81. The van der Waals surface area contributed by atoms with Crippen LogP contribution in [0.5, 0.6) is 23.0 Å². The zero-order valence-electron chi connectivity index (χ0n) is 12.8. The first-order valence-corrected chi connectivity index (χ1v) is 7.81. The molecule has 0 saturated heterocycles. The summed E-state index contributed by atoms with van der Waals surface area (Å²) >= 11 is 0. The van der Waals surface area contributed by atoms with E-state index in [1.165, 1.54) is 0 Å². The maximum atomic E-state index is 13.3. The van der Waals surface area contributed by atoms with Gasteiger partial charge in [0.05, 0.1) is 5.39 Å². The Morgan fingerprint density at radius 2 is 1.44 bits per heavy atom. The zero-order chi connectivity index (χ0) is 16.5. The summed E-state index contributed by atoms with van der Waals surface area (Å²) in [6, 6.07) is 10.9. The van der Waals surface area contributed by atoms with E-state index in [1.807, 2.05) is 18.2 Å². The average Bonchev–Trinajstić information content (AvgIpc) is 3.27. The molecule has 4 aromatic rings. The lowest BCUT2D eigenvalue weighted by Crippen LogP contribution is -2.04. The van der Waals surface area contributed by atoms with Gasteiger partial charge >= 0.3 is 0 Å². The molecule has 0 radical (unpaired) electrons. The van der Waals surface area contributed by atoms with Gasteiger partial charge in [-0.05, 0) is 35.7 Å². The van der Waals surface area contributed by atoms with Crippen LogP contribution in [0.25, 0.3) is 32.7 Å². The second kappa shape index (κ2) is 4.36. The van der Waals surface area contributed by atoms with Gasteiger partial charge in [0, 0.05) is 5.39 Å². The van der Waals surface area contributed by atoms with E-state index in [9.17, 15) is 4.79 Å². The van der Waals surface area contributed by atoms with Crippen molar-refractivity contribution in [3.8, 4) is 23.0 Å². The minimum atomic E-state index is -0.150. The Balaban J connectivity index is 1.83. The molecule has 3 aromatic carbocycles. The van der Waals surface area contributed by atoms with Crippen molar-refractivity contribution in [3.05, 3.63) is 46.6 Å². The van der Waals surface area contributed by atoms with Crippen LogP contribution in [-0.4, -0.2) is 13.6 Å². The fraction of sp³-hybridized carbons (Fsp3) is 0.105. The third-order valence-corrected chi connectivity index (χ3v) is 4.65. The fourth-order valence-electron chi connectivity index (χ4n) is 3.51. The first kappa shape index (κ1) is 12.9. The zero-order valence-corrected chi connectivity index (χ0v) is 12.8. The summed E-state index contributed by atoms with van der Waals surface area (Å²) in [5.41, 5.74) is 0.840. The van der Waals surface area contributed by atoms with E-state index in [2.05, 4.69) is 0 Å². The Morgan fingerprint density at radius 3 is 2.36 bits per heavy atom. The molecule has 0 unspecified atom stereocenters. The van der Waals surface area contributed by atoms with Crippen molar-refractivity contribution in [2.75, 3.05) is 13.6 Å². The standard InChI is InChI=1S/C19H10O6/c20-18-16-10-6-15-14(22-7-23-15)5-9(10)1-2-11(16)25-12-3-4-13-19(17(12)18)24-8-21-13/h1-6H,7-8H2. The number of rotatable bonds is 0. The van der Waals surface area contributed by atoms with Gasteiger partial charge in [-0.25, -0.2) is 0 Å². The van der Waals surface area contributed by atoms with E-state index in [0.29, 0.717) is 44.9 Å². The molecule has 25 heavy (non-hydrogen) atoms. The summed E-state index contributed by atoms with van der Waals surface area (Å²) in [5.74, 6) is 2.29. The Labute approximate surface area is 140 Å². The maximum Gasteiger partial charge on any atom is 0.231 e. The molecule has 2 aliphatic heterocycles. The average molecular weight is 334 g/mol. The van der Waals surface area contributed by atoms with Crippen LogP contribution >= 0.6 is 0 Å². The second-order valence-electron chi connectivity index (χ2n) is 5.97. The van der Waals surface area contributed by atoms with Crippen molar-refractivity contribution >= 4 is 32.7 Å². The molecule has 2 aliphatic rings. The van der Waals surface area contributed by atoms with Crippen LogP contribution in [0.1, 0.15) is 0 Å². The van der Waals surface area contributed by atoms with Gasteiger partial charge in [-0.2, -0.15) is 0 Å². The summed E-state index contributed by atoms with van der Waals surface area (Å²) < 4.78 is 27.7. The van der Waals surface area contributed by atoms with E-state index < -0.39 is 0 Å². The van der Waals surface area contributed by atoms with Crippen LogP contribution in [0.15, 0.2) is 45.6 Å². The minimum absolute atomic E-state index is 0.0974. The van der Waals surface area contributed by atoms with Gasteiger partial charge in [-0.15, -0.1) is 0 Å². The van der Waals surface area contributed by atoms with Crippen LogP contribution in [-0.2, 0) is 0 Å². The predicted octanol–water partition coefficient (Wildman–Crippen LogP) is 3.56. The maximum absolute atomic E-state index is 13.3. The van der Waals surface area contributed by atoms with Crippen LogP contribution in [0.4, 0.5) is 0 Å². The molecule has 0 N–H and O–H groups in total. The lowest BCUT2D eigenvalue weighted by atomic mass is 10.0. The molecule has 0 saturated carbocycles. The van der Waals surface area contributed by atoms with Crippen molar-refractivity contribution in [3.63, 3.8) is 0 Å². The molecular formula is C19H10O6. The Hall–Kier alpha value is -3.41. The van der Waals surface area contributed by atoms with Gasteiger partial charge in [0.1, 0.15) is 16.6 Å². The Kier molecular flexibility index (Phi) is 2.26. The molecule has 0 spiro atoms. The van der Waals surface area contributed by atoms with Crippen molar-refractivity contribution in [1.29, 1.82) is 0 Å². The number of ether oxygens (including phenoxy) is 4. The minimum Gasteiger partial charge on any atom is -0.456 e. The summed E-state index contributed by atoms with van der Waals surface area (Å²) in [6.07, 6.45) is 0. The molecule has 3 heterocycles. The van der Waals surface area contributed by atoms with E-state index in [4.69, 9.17) is 23.4 Å². The monoisotopic (exact) mass is 334 g/mol. The van der Waals surface area contributed by atoms with Crippen LogP contribution < -0.4 is 24.4 Å². The lowest BCUT2D eigenvalue weighted by Gasteiger charge is -2.07. The Morgan fingerprint density at radius 1 is 0.720 bits per heavy atom. The molecule has 1 aromatic heterocycles. The highest BCUT2D eigenvalue weighted by molar-refractivity contribution is 6.10. The first-order chi connectivity index (χ1) is 12.3. The van der Waals surface area contributed by atoms with Gasteiger partial charge in [-0.3, -0.25) is 4.79 Å². The number of hydrogen-bond acceptors (Lipinski definition) is 6. The third-order valence-electron chi connectivity index (χ3n) is 4.65. The number of benzene rings is 3. The molecule has 0 bridgehead atoms. The van der Waals surface area contributed by atoms with Crippen molar-refractivity contribution < 1.29 is 23.4 Å². The quantitative estimate of drug-likeness (QED) is 0.362. The Bertz CT molecular complexity index is 1270. The summed E-state index contributed by atoms with van der Waals surface area (Å²) in [4.78, 5) is 13.3. The normalized spacial score (nSPS) is 14.7. The smallest absolute Gasteiger partial charge is 0.231 e. The molecule has 122 valence electrons. The summed E-state index contributed by atoms with van der Waals surface area (Å²) in [6.45, 7) is 0.278. The molecular weight excluding hydrogens is 324 g/mol. The van der Waals surface area contributed by atoms with Gasteiger partial charge in [0.25, 0.3) is 0 Å². The second-order valence-corrected chi connectivity index (χ2v) is 5.97. The van der Waals surface area contributed by atoms with Gasteiger partial charge in [0.15, 0.2) is 23.0 Å². The number of hydrogen-bond donors (Lipinski definition) is 0. The largest absolute Gasteiger partial charge is 0.456 e. The van der Waals surface area contributed by atoms with Gasteiger partial charge in [-0.1, -0.05) is 6.07 Å². The van der Waals surface area contributed by atoms with Crippen LogP contribution in [0.2, 0.25) is 0 Å².